The van der Waals surface area contributed by atoms with Gasteiger partial charge in [0, 0.05) is 31.7 Å². The average molecular weight is 292 g/mol. The Morgan fingerprint density at radius 1 is 1.29 bits per heavy atom. The largest absolute Gasteiger partial charge is 0.378 e. The number of H-pyrrole nitrogens is 1. The van der Waals surface area contributed by atoms with Crippen LogP contribution in [-0.2, 0) is 17.6 Å². The molecule has 0 unspecified atom stereocenters. The zero-order valence-corrected chi connectivity index (χ0v) is 12.4. The Morgan fingerprint density at radius 3 is 3.05 bits per heavy atom. The molecule has 21 heavy (non-hydrogen) atoms. The number of ether oxygens (including phenoxy) is 1. The van der Waals surface area contributed by atoms with Gasteiger partial charge in [-0.3, -0.25) is 9.78 Å². The zero-order chi connectivity index (χ0) is 14.5. The first kappa shape index (κ1) is 14.5. The lowest BCUT2D eigenvalue weighted by Gasteiger charge is -2.22. The standard InChI is InChI=1S/C15H24N4O2/c20-14-12-5-7-16-8-6-13(12)18-15(19-14)17-9-4-11-3-1-2-10-21-11/h11,16H,1-10H2,(H2,17,18,19,20)/t11-/m1/s1. The second-order valence-electron chi connectivity index (χ2n) is 5.79. The summed E-state index contributed by atoms with van der Waals surface area (Å²) in [7, 11) is 0. The Bertz CT molecular complexity index is 523. The van der Waals surface area contributed by atoms with E-state index in [-0.39, 0.29) is 5.56 Å². The smallest absolute Gasteiger partial charge is 0.255 e. The first-order valence-corrected chi connectivity index (χ1v) is 8.01. The highest BCUT2D eigenvalue weighted by molar-refractivity contribution is 5.30. The Balaban J connectivity index is 1.59. The molecule has 3 N–H and O–H groups in total. The van der Waals surface area contributed by atoms with Gasteiger partial charge in [0.1, 0.15) is 0 Å². The molecule has 6 heteroatoms. The third-order valence-corrected chi connectivity index (χ3v) is 4.22. The summed E-state index contributed by atoms with van der Waals surface area (Å²) in [6, 6.07) is 0. The maximum absolute atomic E-state index is 12.1. The van der Waals surface area contributed by atoms with E-state index in [4.69, 9.17) is 4.74 Å². The van der Waals surface area contributed by atoms with Crippen LogP contribution in [0.2, 0.25) is 0 Å². The summed E-state index contributed by atoms with van der Waals surface area (Å²) in [5.41, 5.74) is 1.77. The molecule has 0 radical (unpaired) electrons. The highest BCUT2D eigenvalue weighted by Gasteiger charge is 2.15. The molecular formula is C15H24N4O2. The van der Waals surface area contributed by atoms with Gasteiger partial charge >= 0.3 is 0 Å². The number of aromatic nitrogens is 2. The molecule has 116 valence electrons. The fourth-order valence-corrected chi connectivity index (χ4v) is 3.02. The number of hydrogen-bond acceptors (Lipinski definition) is 5. The van der Waals surface area contributed by atoms with Crippen molar-refractivity contribution in [3.05, 3.63) is 21.6 Å². The maximum atomic E-state index is 12.1. The lowest BCUT2D eigenvalue weighted by molar-refractivity contribution is 0.0134. The van der Waals surface area contributed by atoms with Crippen molar-refractivity contribution in [3.63, 3.8) is 0 Å². The Labute approximate surface area is 124 Å². The summed E-state index contributed by atoms with van der Waals surface area (Å²) in [5, 5.41) is 6.53. The molecule has 0 aliphatic carbocycles. The molecule has 1 saturated heterocycles. The van der Waals surface area contributed by atoms with Gasteiger partial charge in [-0.05, 0) is 38.6 Å². The summed E-state index contributed by atoms with van der Waals surface area (Å²) in [4.78, 5) is 19.5. The van der Waals surface area contributed by atoms with Gasteiger partial charge in [0.15, 0.2) is 0 Å². The van der Waals surface area contributed by atoms with Gasteiger partial charge in [-0.2, -0.15) is 0 Å². The summed E-state index contributed by atoms with van der Waals surface area (Å²) in [6.45, 7) is 3.40. The number of aromatic amines is 1. The molecule has 6 nitrogen and oxygen atoms in total. The van der Waals surface area contributed by atoms with Crippen LogP contribution in [0, 0.1) is 0 Å². The van der Waals surface area contributed by atoms with E-state index >= 15 is 0 Å². The van der Waals surface area contributed by atoms with Crippen molar-refractivity contribution in [2.45, 2.75) is 44.6 Å². The van der Waals surface area contributed by atoms with Crippen molar-refractivity contribution in [1.29, 1.82) is 0 Å². The number of nitrogens with zero attached hydrogens (tertiary/aromatic N) is 1. The van der Waals surface area contributed by atoms with Crippen LogP contribution in [0.1, 0.15) is 36.9 Å². The minimum atomic E-state index is 0.000108. The molecule has 1 atom stereocenters. The van der Waals surface area contributed by atoms with E-state index in [1.54, 1.807) is 0 Å². The monoisotopic (exact) mass is 292 g/mol. The van der Waals surface area contributed by atoms with Crippen LogP contribution in [0.3, 0.4) is 0 Å². The minimum Gasteiger partial charge on any atom is -0.378 e. The predicted octanol–water partition coefficient (Wildman–Crippen LogP) is 0.829. The summed E-state index contributed by atoms with van der Waals surface area (Å²) < 4.78 is 5.71. The van der Waals surface area contributed by atoms with Crippen LogP contribution < -0.4 is 16.2 Å². The lowest BCUT2D eigenvalue weighted by Crippen LogP contribution is -2.24. The highest BCUT2D eigenvalue weighted by Crippen LogP contribution is 2.15. The van der Waals surface area contributed by atoms with E-state index in [9.17, 15) is 4.79 Å². The quantitative estimate of drug-likeness (QED) is 0.766. The number of hydrogen-bond donors (Lipinski definition) is 3. The molecule has 3 heterocycles. The van der Waals surface area contributed by atoms with Crippen LogP contribution in [0.15, 0.2) is 4.79 Å². The van der Waals surface area contributed by atoms with Gasteiger partial charge in [0.2, 0.25) is 5.95 Å². The molecule has 0 aromatic carbocycles. The van der Waals surface area contributed by atoms with Crippen molar-refractivity contribution in [2.24, 2.45) is 0 Å². The first-order chi connectivity index (χ1) is 10.3. The van der Waals surface area contributed by atoms with Crippen molar-refractivity contribution >= 4 is 5.95 Å². The highest BCUT2D eigenvalue weighted by atomic mass is 16.5. The van der Waals surface area contributed by atoms with Gasteiger partial charge in [0.25, 0.3) is 5.56 Å². The van der Waals surface area contributed by atoms with Crippen LogP contribution in [-0.4, -0.2) is 42.3 Å². The van der Waals surface area contributed by atoms with Gasteiger partial charge in [-0.25, -0.2) is 4.98 Å². The maximum Gasteiger partial charge on any atom is 0.255 e. The van der Waals surface area contributed by atoms with Crippen molar-refractivity contribution in [3.8, 4) is 0 Å². The zero-order valence-electron chi connectivity index (χ0n) is 12.4. The molecule has 0 amide bonds. The van der Waals surface area contributed by atoms with E-state index in [1.165, 1.54) is 12.8 Å². The van der Waals surface area contributed by atoms with Crippen LogP contribution in [0.25, 0.3) is 0 Å². The average Bonchev–Trinajstić information content (AvgIpc) is 2.74. The number of rotatable bonds is 4. The minimum absolute atomic E-state index is 0.000108. The third kappa shape index (κ3) is 3.83. The molecule has 2 aliphatic heterocycles. The Kier molecular flexibility index (Phi) is 4.87. The summed E-state index contributed by atoms with van der Waals surface area (Å²) >= 11 is 0. The Morgan fingerprint density at radius 2 is 2.19 bits per heavy atom. The van der Waals surface area contributed by atoms with Crippen LogP contribution in [0.4, 0.5) is 5.95 Å². The molecule has 1 fully saturated rings. The van der Waals surface area contributed by atoms with Gasteiger partial charge < -0.3 is 15.4 Å². The molecular weight excluding hydrogens is 268 g/mol. The van der Waals surface area contributed by atoms with Crippen molar-refractivity contribution in [2.75, 3.05) is 31.6 Å². The summed E-state index contributed by atoms with van der Waals surface area (Å²) in [5.74, 6) is 0.594. The van der Waals surface area contributed by atoms with Crippen LogP contribution >= 0.6 is 0 Å². The van der Waals surface area contributed by atoms with Crippen molar-refractivity contribution < 1.29 is 4.74 Å². The van der Waals surface area contributed by atoms with E-state index in [2.05, 4.69) is 20.6 Å². The summed E-state index contributed by atoms with van der Waals surface area (Å²) in [6.07, 6.45) is 6.46. The van der Waals surface area contributed by atoms with Gasteiger partial charge in [0.05, 0.1) is 11.8 Å². The van der Waals surface area contributed by atoms with E-state index in [0.717, 1.165) is 63.2 Å². The molecule has 0 bridgehead atoms. The third-order valence-electron chi connectivity index (χ3n) is 4.22. The fraction of sp³-hybridized carbons (Fsp3) is 0.733. The molecule has 1 aromatic rings. The normalized spacial score (nSPS) is 22.4. The van der Waals surface area contributed by atoms with Crippen LogP contribution in [0.5, 0.6) is 0 Å². The predicted molar refractivity (Wildman–Crippen MR) is 81.8 cm³/mol. The first-order valence-electron chi connectivity index (χ1n) is 8.01. The van der Waals surface area contributed by atoms with Gasteiger partial charge in [-0.15, -0.1) is 0 Å². The van der Waals surface area contributed by atoms with E-state index in [1.807, 2.05) is 0 Å². The molecule has 0 saturated carbocycles. The molecule has 2 aliphatic rings. The van der Waals surface area contributed by atoms with E-state index < -0.39 is 0 Å². The second kappa shape index (κ2) is 7.04. The fourth-order valence-electron chi connectivity index (χ4n) is 3.02. The molecule has 1 aromatic heterocycles. The SMILES string of the molecule is O=c1[nH]c(NCC[C@H]2CCCCO2)nc2c1CCNCC2. The molecule has 3 rings (SSSR count). The second-order valence-corrected chi connectivity index (χ2v) is 5.79. The number of fused-ring (bicyclic) bond motifs is 1. The van der Waals surface area contributed by atoms with E-state index in [0.29, 0.717) is 12.1 Å². The number of anilines is 1. The topological polar surface area (TPSA) is 79.0 Å². The van der Waals surface area contributed by atoms with Gasteiger partial charge in [-0.1, -0.05) is 0 Å². The molecule has 0 spiro atoms. The lowest BCUT2D eigenvalue weighted by atomic mass is 10.1. The Hall–Kier alpha value is -1.40. The van der Waals surface area contributed by atoms with Crippen molar-refractivity contribution in [1.82, 2.24) is 15.3 Å². The number of nitrogens with one attached hydrogen (secondary N) is 3.